The summed E-state index contributed by atoms with van der Waals surface area (Å²) in [4.78, 5) is 17.8. The normalized spacial score (nSPS) is 20.8. The number of fused-ring (bicyclic) bond motifs is 1. The topological polar surface area (TPSA) is 69.7 Å². The quantitative estimate of drug-likeness (QED) is 0.841. The van der Waals surface area contributed by atoms with Crippen molar-refractivity contribution in [3.8, 4) is 0 Å². The minimum atomic E-state index is 0.221. The fraction of sp³-hybridized carbons (Fsp3) is 0.583. The van der Waals surface area contributed by atoms with Gasteiger partial charge in [0, 0.05) is 12.6 Å². The molecule has 1 aliphatic rings. The third-order valence-corrected chi connectivity index (χ3v) is 3.85. The van der Waals surface area contributed by atoms with Crippen LogP contribution in [0.2, 0.25) is 5.28 Å². The number of rotatable bonds is 3. The van der Waals surface area contributed by atoms with Gasteiger partial charge in [-0.15, -0.1) is 0 Å². The Labute approximate surface area is 116 Å². The van der Waals surface area contributed by atoms with Gasteiger partial charge in [-0.3, -0.25) is 0 Å². The van der Waals surface area contributed by atoms with Crippen LogP contribution in [0.3, 0.4) is 0 Å². The highest BCUT2D eigenvalue weighted by Gasteiger charge is 2.19. The molecule has 1 unspecified atom stereocenters. The first kappa shape index (κ1) is 12.6. The molecule has 0 bridgehead atoms. The Hall–Kier alpha value is -1.40. The molecule has 1 aliphatic heterocycles. The first-order chi connectivity index (χ1) is 9.24. The van der Waals surface area contributed by atoms with Crippen molar-refractivity contribution in [1.29, 1.82) is 0 Å². The van der Waals surface area contributed by atoms with Gasteiger partial charge in [0.1, 0.15) is 5.52 Å². The molecule has 2 N–H and O–H groups in total. The lowest BCUT2D eigenvalue weighted by atomic mass is 10.0. The van der Waals surface area contributed by atoms with Crippen molar-refractivity contribution in [1.82, 2.24) is 24.8 Å². The number of aromatic nitrogens is 4. The van der Waals surface area contributed by atoms with E-state index >= 15 is 0 Å². The Morgan fingerprint density at radius 1 is 1.47 bits per heavy atom. The summed E-state index contributed by atoms with van der Waals surface area (Å²) in [6, 6.07) is 0.542. The monoisotopic (exact) mass is 280 g/mol. The smallest absolute Gasteiger partial charge is 0.226 e. The van der Waals surface area contributed by atoms with Crippen LogP contribution in [0.15, 0.2) is 6.33 Å². The molecule has 1 atom stereocenters. The van der Waals surface area contributed by atoms with Gasteiger partial charge < -0.3 is 15.2 Å². The number of likely N-dealkylation sites (tertiary alicyclic amines) is 1. The number of nitrogens with zero attached hydrogens (tertiary/aromatic N) is 4. The van der Waals surface area contributed by atoms with Gasteiger partial charge in [-0.25, -0.2) is 4.98 Å². The Morgan fingerprint density at radius 3 is 3.21 bits per heavy atom. The molecular weight excluding hydrogens is 264 g/mol. The molecule has 2 aromatic heterocycles. The van der Waals surface area contributed by atoms with Crippen molar-refractivity contribution >= 4 is 28.6 Å². The van der Waals surface area contributed by atoms with Crippen LogP contribution in [-0.4, -0.2) is 51.0 Å². The zero-order valence-electron chi connectivity index (χ0n) is 10.9. The molecule has 0 aliphatic carbocycles. The molecule has 0 saturated carbocycles. The van der Waals surface area contributed by atoms with E-state index < -0.39 is 0 Å². The maximum absolute atomic E-state index is 5.90. The SMILES string of the molecule is CN1CCCCC1CNc1nc(Cl)nc2nc[nH]c12. The highest BCUT2D eigenvalue weighted by atomic mass is 35.5. The molecule has 6 nitrogen and oxygen atoms in total. The van der Waals surface area contributed by atoms with Gasteiger partial charge in [0.15, 0.2) is 11.5 Å². The number of hydrogen-bond donors (Lipinski definition) is 2. The number of hydrogen-bond acceptors (Lipinski definition) is 5. The van der Waals surface area contributed by atoms with Crippen molar-refractivity contribution in [2.75, 3.05) is 25.5 Å². The maximum Gasteiger partial charge on any atom is 0.226 e. The van der Waals surface area contributed by atoms with Gasteiger partial charge in [-0.1, -0.05) is 6.42 Å². The molecule has 3 heterocycles. The third kappa shape index (κ3) is 2.64. The molecule has 0 spiro atoms. The van der Waals surface area contributed by atoms with Gasteiger partial charge in [0.2, 0.25) is 5.28 Å². The highest BCUT2D eigenvalue weighted by Crippen LogP contribution is 2.20. The van der Waals surface area contributed by atoms with Crippen LogP contribution < -0.4 is 5.32 Å². The summed E-state index contributed by atoms with van der Waals surface area (Å²) in [6.45, 7) is 2.02. The highest BCUT2D eigenvalue weighted by molar-refractivity contribution is 6.28. The first-order valence-electron chi connectivity index (χ1n) is 6.55. The zero-order chi connectivity index (χ0) is 13.2. The van der Waals surface area contributed by atoms with Crippen molar-refractivity contribution in [3.63, 3.8) is 0 Å². The summed E-state index contributed by atoms with van der Waals surface area (Å²) in [7, 11) is 2.17. The molecule has 0 amide bonds. The predicted molar refractivity (Wildman–Crippen MR) is 75.5 cm³/mol. The number of anilines is 1. The number of aromatic amines is 1. The number of H-pyrrole nitrogens is 1. The van der Waals surface area contributed by atoms with Crippen LogP contribution in [0.25, 0.3) is 11.2 Å². The van der Waals surface area contributed by atoms with E-state index in [0.717, 1.165) is 24.4 Å². The number of piperidine rings is 1. The van der Waals surface area contributed by atoms with Gasteiger partial charge in [0.05, 0.1) is 6.33 Å². The number of likely N-dealkylation sites (N-methyl/N-ethyl adjacent to an activating group) is 1. The van der Waals surface area contributed by atoms with E-state index in [1.54, 1.807) is 6.33 Å². The van der Waals surface area contributed by atoms with Gasteiger partial charge in [-0.05, 0) is 38.0 Å². The lowest BCUT2D eigenvalue weighted by Crippen LogP contribution is -2.40. The second-order valence-electron chi connectivity index (χ2n) is 4.95. The molecule has 19 heavy (non-hydrogen) atoms. The molecule has 102 valence electrons. The Balaban J connectivity index is 1.75. The Kier molecular flexibility index (Phi) is 3.52. The Morgan fingerprint density at radius 2 is 2.37 bits per heavy atom. The molecule has 0 radical (unpaired) electrons. The van der Waals surface area contributed by atoms with E-state index in [1.807, 2.05) is 0 Å². The molecular formula is C12H17ClN6. The molecule has 3 rings (SSSR count). The van der Waals surface area contributed by atoms with E-state index in [9.17, 15) is 0 Å². The van der Waals surface area contributed by atoms with Crippen LogP contribution in [-0.2, 0) is 0 Å². The summed E-state index contributed by atoms with van der Waals surface area (Å²) in [6.07, 6.45) is 5.40. The van der Waals surface area contributed by atoms with Crippen molar-refractivity contribution < 1.29 is 0 Å². The fourth-order valence-electron chi connectivity index (χ4n) is 2.55. The van der Waals surface area contributed by atoms with Crippen LogP contribution >= 0.6 is 11.6 Å². The van der Waals surface area contributed by atoms with E-state index in [0.29, 0.717) is 11.7 Å². The predicted octanol–water partition coefficient (Wildman–Crippen LogP) is 1.90. The van der Waals surface area contributed by atoms with E-state index in [-0.39, 0.29) is 5.28 Å². The molecule has 1 saturated heterocycles. The van der Waals surface area contributed by atoms with Crippen LogP contribution in [0.4, 0.5) is 5.82 Å². The average molecular weight is 281 g/mol. The summed E-state index contributed by atoms with van der Waals surface area (Å²) in [5, 5.41) is 3.59. The van der Waals surface area contributed by atoms with Gasteiger partial charge in [-0.2, -0.15) is 9.97 Å². The van der Waals surface area contributed by atoms with Gasteiger partial charge in [0.25, 0.3) is 0 Å². The average Bonchev–Trinajstić information content (AvgIpc) is 2.85. The second kappa shape index (κ2) is 5.30. The van der Waals surface area contributed by atoms with Crippen LogP contribution in [0, 0.1) is 0 Å². The van der Waals surface area contributed by atoms with Crippen LogP contribution in [0.5, 0.6) is 0 Å². The van der Waals surface area contributed by atoms with E-state index in [4.69, 9.17) is 11.6 Å². The van der Waals surface area contributed by atoms with Crippen LogP contribution in [0.1, 0.15) is 19.3 Å². The summed E-state index contributed by atoms with van der Waals surface area (Å²) in [5.41, 5.74) is 1.40. The first-order valence-corrected chi connectivity index (χ1v) is 6.92. The minimum absolute atomic E-state index is 0.221. The van der Waals surface area contributed by atoms with Crippen molar-refractivity contribution in [2.45, 2.75) is 25.3 Å². The lowest BCUT2D eigenvalue weighted by Gasteiger charge is -2.32. The zero-order valence-corrected chi connectivity index (χ0v) is 11.6. The minimum Gasteiger partial charge on any atom is -0.367 e. The lowest BCUT2D eigenvalue weighted by molar-refractivity contribution is 0.194. The fourth-order valence-corrected chi connectivity index (χ4v) is 2.72. The van der Waals surface area contributed by atoms with Crippen molar-refractivity contribution in [2.24, 2.45) is 0 Å². The molecule has 1 fully saturated rings. The summed E-state index contributed by atoms with van der Waals surface area (Å²) in [5.74, 6) is 0.728. The Bertz CT molecular complexity index is 568. The standard InChI is InChI=1S/C12H17ClN6/c1-19-5-3-2-4-8(19)6-14-10-9-11(16-7-15-9)18-12(13)17-10/h7-8H,2-6H2,1H3,(H2,14,15,16,17,18). The summed E-state index contributed by atoms with van der Waals surface area (Å²) >= 11 is 5.90. The third-order valence-electron chi connectivity index (χ3n) is 3.68. The molecule has 2 aromatic rings. The number of imidazole rings is 1. The largest absolute Gasteiger partial charge is 0.367 e. The maximum atomic E-state index is 5.90. The van der Waals surface area contributed by atoms with Crippen molar-refractivity contribution in [3.05, 3.63) is 11.6 Å². The van der Waals surface area contributed by atoms with Gasteiger partial charge >= 0.3 is 0 Å². The number of halogens is 1. The summed E-state index contributed by atoms with van der Waals surface area (Å²) < 4.78 is 0. The van der Waals surface area contributed by atoms with E-state index in [1.165, 1.54) is 19.3 Å². The number of nitrogens with one attached hydrogen (secondary N) is 2. The van der Waals surface area contributed by atoms with E-state index in [2.05, 4.69) is 37.2 Å². The second-order valence-corrected chi connectivity index (χ2v) is 5.29. The molecule has 7 heteroatoms. The molecule has 0 aromatic carbocycles.